The summed E-state index contributed by atoms with van der Waals surface area (Å²) < 4.78 is 0. The third-order valence-electron chi connectivity index (χ3n) is 5.53. The zero-order valence-electron chi connectivity index (χ0n) is 14.9. The summed E-state index contributed by atoms with van der Waals surface area (Å²) >= 11 is 0. The summed E-state index contributed by atoms with van der Waals surface area (Å²) in [4.78, 5) is 21.0. The van der Waals surface area contributed by atoms with E-state index in [4.69, 9.17) is 0 Å². The predicted molar refractivity (Wildman–Crippen MR) is 108 cm³/mol. The van der Waals surface area contributed by atoms with Gasteiger partial charge in [-0.3, -0.25) is 9.79 Å². The van der Waals surface area contributed by atoms with Gasteiger partial charge in [0.05, 0.1) is 0 Å². The van der Waals surface area contributed by atoms with Crippen molar-refractivity contribution in [2.24, 2.45) is 10.4 Å². The molecule has 7 heteroatoms. The SMILES string of the molecule is CN=C(NCCN1CCCCC1)N1CCCC2(CNC(=O)C2)C1.I. The normalized spacial score (nSPS) is 28.6. The molecule has 0 aromatic heterocycles. The summed E-state index contributed by atoms with van der Waals surface area (Å²) in [6.45, 7) is 7.33. The summed E-state index contributed by atoms with van der Waals surface area (Å²) in [5.74, 6) is 1.21. The van der Waals surface area contributed by atoms with Crippen molar-refractivity contribution in [3.05, 3.63) is 0 Å². The van der Waals surface area contributed by atoms with Gasteiger partial charge in [-0.1, -0.05) is 6.42 Å². The minimum atomic E-state index is 0. The number of carbonyl (C=O) groups is 1. The molecule has 0 saturated carbocycles. The van der Waals surface area contributed by atoms with E-state index in [9.17, 15) is 4.79 Å². The number of nitrogens with one attached hydrogen (secondary N) is 2. The summed E-state index contributed by atoms with van der Waals surface area (Å²) in [5, 5.41) is 6.54. The standard InChI is InChI=1S/C17H31N5O.HI/c1-18-16(19-7-11-21-8-3-2-4-9-21)22-10-5-6-17(14-22)12-15(23)20-13-17;/h2-14H2,1H3,(H,18,19)(H,20,23);1H. The molecule has 0 bridgehead atoms. The number of guanidine groups is 1. The molecular weight excluding hydrogens is 417 g/mol. The molecule has 0 aliphatic carbocycles. The zero-order chi connectivity index (χ0) is 16.1. The molecular formula is C17H32IN5O. The maximum Gasteiger partial charge on any atom is 0.220 e. The second kappa shape index (κ2) is 9.22. The molecule has 3 aliphatic heterocycles. The van der Waals surface area contributed by atoms with Gasteiger partial charge in [0.25, 0.3) is 0 Å². The number of nitrogens with zero attached hydrogens (tertiary/aromatic N) is 3. The van der Waals surface area contributed by atoms with Crippen LogP contribution in [0.25, 0.3) is 0 Å². The van der Waals surface area contributed by atoms with Gasteiger partial charge in [-0.05, 0) is 38.8 Å². The zero-order valence-corrected chi connectivity index (χ0v) is 17.2. The Labute approximate surface area is 162 Å². The second-order valence-electron chi connectivity index (χ2n) is 7.35. The molecule has 138 valence electrons. The highest BCUT2D eigenvalue weighted by Gasteiger charge is 2.42. The molecule has 1 atom stereocenters. The monoisotopic (exact) mass is 449 g/mol. The lowest BCUT2D eigenvalue weighted by atomic mass is 9.79. The Balaban J connectivity index is 0.00000208. The molecule has 3 aliphatic rings. The lowest BCUT2D eigenvalue weighted by Crippen LogP contribution is -2.52. The molecule has 6 nitrogen and oxygen atoms in total. The lowest BCUT2D eigenvalue weighted by Gasteiger charge is -2.41. The van der Waals surface area contributed by atoms with E-state index in [1.807, 2.05) is 7.05 Å². The summed E-state index contributed by atoms with van der Waals surface area (Å²) in [7, 11) is 1.86. The highest BCUT2D eigenvalue weighted by atomic mass is 127. The molecule has 3 saturated heterocycles. The van der Waals surface area contributed by atoms with Gasteiger partial charge in [0.2, 0.25) is 5.91 Å². The van der Waals surface area contributed by atoms with Gasteiger partial charge in [0, 0.05) is 51.6 Å². The van der Waals surface area contributed by atoms with E-state index < -0.39 is 0 Å². The molecule has 2 N–H and O–H groups in total. The lowest BCUT2D eigenvalue weighted by molar-refractivity contribution is -0.119. The van der Waals surface area contributed by atoms with Crippen molar-refractivity contribution in [1.29, 1.82) is 0 Å². The molecule has 0 aromatic rings. The number of likely N-dealkylation sites (tertiary alicyclic amines) is 2. The van der Waals surface area contributed by atoms with Crippen molar-refractivity contribution >= 4 is 35.8 Å². The highest BCUT2D eigenvalue weighted by Crippen LogP contribution is 2.35. The maximum absolute atomic E-state index is 11.6. The maximum atomic E-state index is 11.6. The van der Waals surface area contributed by atoms with E-state index >= 15 is 0 Å². The van der Waals surface area contributed by atoms with Crippen molar-refractivity contribution < 1.29 is 4.79 Å². The first-order valence-corrected chi connectivity index (χ1v) is 9.15. The first-order valence-electron chi connectivity index (χ1n) is 9.15. The molecule has 24 heavy (non-hydrogen) atoms. The van der Waals surface area contributed by atoms with Gasteiger partial charge in [0.15, 0.2) is 5.96 Å². The van der Waals surface area contributed by atoms with Crippen LogP contribution in [-0.2, 0) is 4.79 Å². The van der Waals surface area contributed by atoms with Gasteiger partial charge < -0.3 is 20.4 Å². The first-order chi connectivity index (χ1) is 11.2. The van der Waals surface area contributed by atoms with E-state index in [1.54, 1.807) is 0 Å². The number of aliphatic imine (C=N–C) groups is 1. The number of rotatable bonds is 3. The number of carbonyl (C=O) groups excluding carboxylic acids is 1. The van der Waals surface area contributed by atoms with Crippen LogP contribution in [-0.4, -0.2) is 74.5 Å². The highest BCUT2D eigenvalue weighted by molar-refractivity contribution is 14.0. The average Bonchev–Trinajstić information content (AvgIpc) is 2.92. The summed E-state index contributed by atoms with van der Waals surface area (Å²) in [6.07, 6.45) is 7.02. The van der Waals surface area contributed by atoms with E-state index in [1.165, 1.54) is 32.4 Å². The molecule has 3 fully saturated rings. The molecule has 1 unspecified atom stereocenters. The van der Waals surface area contributed by atoms with Crippen LogP contribution in [0.4, 0.5) is 0 Å². The summed E-state index contributed by atoms with van der Waals surface area (Å²) in [6, 6.07) is 0. The Hall–Kier alpha value is -0.570. The van der Waals surface area contributed by atoms with E-state index in [2.05, 4.69) is 25.4 Å². The van der Waals surface area contributed by atoms with Crippen LogP contribution in [0.2, 0.25) is 0 Å². The molecule has 3 heterocycles. The quantitative estimate of drug-likeness (QED) is 0.387. The minimum Gasteiger partial charge on any atom is -0.355 e. The van der Waals surface area contributed by atoms with E-state index in [0.717, 1.165) is 51.5 Å². The van der Waals surface area contributed by atoms with Gasteiger partial charge in [0.1, 0.15) is 0 Å². The van der Waals surface area contributed by atoms with Crippen LogP contribution in [0.5, 0.6) is 0 Å². The van der Waals surface area contributed by atoms with Crippen molar-refractivity contribution in [2.75, 3.05) is 52.9 Å². The first kappa shape index (κ1) is 19.8. The Morgan fingerprint density at radius 2 is 2.04 bits per heavy atom. The average molecular weight is 449 g/mol. The second-order valence-corrected chi connectivity index (χ2v) is 7.35. The largest absolute Gasteiger partial charge is 0.355 e. The van der Waals surface area contributed by atoms with E-state index in [0.29, 0.717) is 6.42 Å². The fraction of sp³-hybridized carbons (Fsp3) is 0.882. The molecule has 1 spiro atoms. The number of hydrogen-bond donors (Lipinski definition) is 2. The summed E-state index contributed by atoms with van der Waals surface area (Å²) in [5.41, 5.74) is 0.125. The van der Waals surface area contributed by atoms with Crippen LogP contribution in [0.3, 0.4) is 0 Å². The number of halogens is 1. The van der Waals surface area contributed by atoms with Crippen LogP contribution < -0.4 is 10.6 Å². The van der Waals surface area contributed by atoms with Crippen molar-refractivity contribution in [2.45, 2.75) is 38.5 Å². The van der Waals surface area contributed by atoms with Crippen LogP contribution in [0, 0.1) is 5.41 Å². The van der Waals surface area contributed by atoms with Crippen molar-refractivity contribution in [3.8, 4) is 0 Å². The smallest absolute Gasteiger partial charge is 0.220 e. The topological polar surface area (TPSA) is 60.0 Å². The number of amides is 1. The molecule has 0 aromatic carbocycles. The Morgan fingerprint density at radius 3 is 2.71 bits per heavy atom. The van der Waals surface area contributed by atoms with E-state index in [-0.39, 0.29) is 35.3 Å². The fourth-order valence-corrected chi connectivity index (χ4v) is 4.27. The number of piperidine rings is 2. The number of hydrogen-bond acceptors (Lipinski definition) is 3. The Kier molecular flexibility index (Phi) is 7.59. The molecule has 0 radical (unpaired) electrons. The fourth-order valence-electron chi connectivity index (χ4n) is 4.27. The van der Waals surface area contributed by atoms with Crippen molar-refractivity contribution in [1.82, 2.24) is 20.4 Å². The Morgan fingerprint density at radius 1 is 1.25 bits per heavy atom. The third-order valence-corrected chi connectivity index (χ3v) is 5.53. The van der Waals surface area contributed by atoms with Gasteiger partial charge >= 0.3 is 0 Å². The van der Waals surface area contributed by atoms with Crippen molar-refractivity contribution in [3.63, 3.8) is 0 Å². The van der Waals surface area contributed by atoms with Crippen LogP contribution >= 0.6 is 24.0 Å². The minimum absolute atomic E-state index is 0. The molecule has 3 rings (SSSR count). The van der Waals surface area contributed by atoms with Gasteiger partial charge in [-0.25, -0.2) is 0 Å². The predicted octanol–water partition coefficient (Wildman–Crippen LogP) is 1.27. The Bertz CT molecular complexity index is 452. The third kappa shape index (κ3) is 4.97. The molecule has 1 amide bonds. The van der Waals surface area contributed by atoms with Crippen LogP contribution in [0.15, 0.2) is 4.99 Å². The van der Waals surface area contributed by atoms with Crippen LogP contribution in [0.1, 0.15) is 38.5 Å². The van der Waals surface area contributed by atoms with Gasteiger partial charge in [-0.2, -0.15) is 0 Å². The van der Waals surface area contributed by atoms with Gasteiger partial charge in [-0.15, -0.1) is 24.0 Å².